The van der Waals surface area contributed by atoms with Crippen LogP contribution in [0.2, 0.25) is 0 Å². The van der Waals surface area contributed by atoms with Gasteiger partial charge in [0.2, 0.25) is 35.4 Å². The molecule has 0 spiro atoms. The number of fused-ring (bicyclic) bond motifs is 8. The zero-order valence-corrected chi connectivity index (χ0v) is 52.7. The van der Waals surface area contributed by atoms with Crippen LogP contribution in [0.4, 0.5) is 69.3 Å². The highest BCUT2D eigenvalue weighted by molar-refractivity contribution is 6.06. The van der Waals surface area contributed by atoms with E-state index in [4.69, 9.17) is 29.9 Å². The first-order chi connectivity index (χ1) is 48.4. The molecule has 0 fully saturated rings. The van der Waals surface area contributed by atoms with Crippen LogP contribution in [0.25, 0.3) is 86.2 Å². The Morgan fingerprint density at radius 3 is 0.469 bits per heavy atom. The molecule has 0 amide bonds. The predicted molar refractivity (Wildman–Crippen MR) is 402 cm³/mol. The van der Waals surface area contributed by atoms with Crippen LogP contribution >= 0.6 is 0 Å². The molecule has 2 aromatic heterocycles. The first kappa shape index (κ1) is 57.2. The number of carbonyl (C=O) groups excluding carboxylic acids is 1. The van der Waals surface area contributed by atoms with Crippen molar-refractivity contribution in [2.24, 2.45) is 0 Å². The molecule has 18 rings (SSSR count). The van der Waals surface area contributed by atoms with Crippen molar-refractivity contribution in [2.75, 3.05) is 19.6 Å². The second-order valence-corrected chi connectivity index (χ2v) is 24.4. The van der Waals surface area contributed by atoms with Crippen LogP contribution in [0.15, 0.2) is 340 Å². The normalized spacial score (nSPS) is 11.5. The van der Waals surface area contributed by atoms with Crippen LogP contribution < -0.4 is 19.6 Å². The van der Waals surface area contributed by atoms with Gasteiger partial charge in [-0.2, -0.15) is 29.9 Å². The molecule has 0 bridgehead atoms. The predicted octanol–water partition coefficient (Wildman–Crippen LogP) is 22.4. The van der Waals surface area contributed by atoms with Crippen molar-refractivity contribution in [3.8, 4) is 0 Å². The number of hydrogen-bond acceptors (Lipinski definition) is 11. The summed E-state index contributed by atoms with van der Waals surface area (Å²) in [5, 5.41) is 16.5. The average molecular weight is 1260 g/mol. The summed E-state index contributed by atoms with van der Waals surface area (Å²) in [5.41, 5.74) is 6.04. The molecule has 98 heavy (non-hydrogen) atoms. The van der Waals surface area contributed by atoms with E-state index in [-0.39, 0.29) is 35.4 Å². The summed E-state index contributed by atoms with van der Waals surface area (Å²) < 4.78 is 0. The maximum absolute atomic E-state index is 17.1. The molecule has 0 aliphatic carbocycles. The fraction of sp³-hybridized carbons (Fsp3) is 0. The Labute approximate surface area is 563 Å². The Morgan fingerprint density at radius 2 is 0.316 bits per heavy atom. The SMILES string of the molecule is O=C(c1nc(N(c2ccc3ccccc3c2)c2ccc3ccccc3c2)nc(N(c2ccc3ccccc3c2)c2ccc3ccccc3c2)n1)c1nc(N(c2ccc3ccccc3c2)c2ccc3ccccc3c2)nc(N(c2ccc3ccccc3c2)c2ccc3ccccc3c2)n1. The zero-order chi connectivity index (χ0) is 65.0. The Kier molecular flexibility index (Phi) is 14.1. The van der Waals surface area contributed by atoms with Crippen molar-refractivity contribution < 1.29 is 4.79 Å². The topological polar surface area (TPSA) is 107 Å². The van der Waals surface area contributed by atoms with Gasteiger partial charge >= 0.3 is 0 Å². The van der Waals surface area contributed by atoms with Crippen LogP contribution in [0.5, 0.6) is 0 Å². The summed E-state index contributed by atoms with van der Waals surface area (Å²) in [6.45, 7) is 0. The highest BCUT2D eigenvalue weighted by Gasteiger charge is 2.31. The standard InChI is InChI=1S/C87H56N10O/c98-81(82-88-84(94(73-41-33-57-17-1-9-25-65(57)49-73)74-42-34-58-18-2-10-26-66(58)50-74)92-85(89-82)95(75-43-35-59-19-3-11-27-67(59)51-75)76-44-36-60-20-4-12-28-68(60)52-76)83-90-86(96(77-45-37-61-21-5-13-29-69(61)53-77)78-46-38-62-22-6-14-30-70(62)54-78)93-87(91-83)97(79-47-39-63-23-7-15-31-71(63)55-79)80-48-40-64-24-8-16-32-72(64)56-80/h1-56H. The van der Waals surface area contributed by atoms with Gasteiger partial charge in [0.25, 0.3) is 5.78 Å². The lowest BCUT2D eigenvalue weighted by Crippen LogP contribution is -2.24. The van der Waals surface area contributed by atoms with Crippen molar-refractivity contribution in [1.82, 2.24) is 29.9 Å². The van der Waals surface area contributed by atoms with Crippen LogP contribution in [-0.2, 0) is 0 Å². The smallest absolute Gasteiger partial charge is 0.267 e. The molecule has 0 saturated carbocycles. The number of nitrogens with zero attached hydrogens (tertiary/aromatic N) is 10. The first-order valence-electron chi connectivity index (χ1n) is 32.6. The molecule has 16 aromatic carbocycles. The zero-order valence-electron chi connectivity index (χ0n) is 52.7. The van der Waals surface area contributed by atoms with Crippen LogP contribution in [0.3, 0.4) is 0 Å². The monoisotopic (exact) mass is 1260 g/mol. The van der Waals surface area contributed by atoms with E-state index in [1.807, 2.05) is 117 Å². The fourth-order valence-corrected chi connectivity index (χ4v) is 13.5. The maximum Gasteiger partial charge on any atom is 0.267 e. The van der Waals surface area contributed by atoms with Crippen molar-refractivity contribution in [2.45, 2.75) is 0 Å². The largest absolute Gasteiger partial charge is 0.281 e. The number of anilines is 12. The molecule has 2 heterocycles. The van der Waals surface area contributed by atoms with Gasteiger partial charge in [-0.15, -0.1) is 0 Å². The highest BCUT2D eigenvalue weighted by Crippen LogP contribution is 2.44. The molecular formula is C87H56N10O. The van der Waals surface area contributed by atoms with E-state index in [0.717, 1.165) is 132 Å². The lowest BCUT2D eigenvalue weighted by atomic mass is 10.1. The number of aromatic nitrogens is 6. The summed E-state index contributed by atoms with van der Waals surface area (Å²) >= 11 is 0. The van der Waals surface area contributed by atoms with Gasteiger partial charge in [0.15, 0.2) is 0 Å². The summed E-state index contributed by atoms with van der Waals surface area (Å²) in [6.07, 6.45) is 0. The Balaban J connectivity index is 0.924. The molecule has 0 saturated heterocycles. The number of rotatable bonds is 14. The van der Waals surface area contributed by atoms with Crippen molar-refractivity contribution in [3.63, 3.8) is 0 Å². The Hall–Kier alpha value is -13.5. The molecule has 11 nitrogen and oxygen atoms in total. The van der Waals surface area contributed by atoms with Crippen molar-refractivity contribution in [1.29, 1.82) is 0 Å². The molecule has 460 valence electrons. The molecule has 18 aromatic rings. The summed E-state index contributed by atoms with van der Waals surface area (Å²) in [6, 6.07) is 117. The van der Waals surface area contributed by atoms with Gasteiger partial charge in [-0.3, -0.25) is 24.4 Å². The van der Waals surface area contributed by atoms with Crippen molar-refractivity contribution >= 4 is 161 Å². The van der Waals surface area contributed by atoms with Crippen LogP contribution in [0.1, 0.15) is 16.4 Å². The third kappa shape index (κ3) is 10.7. The lowest BCUT2D eigenvalue weighted by Gasteiger charge is -2.28. The molecule has 0 unspecified atom stereocenters. The van der Waals surface area contributed by atoms with Crippen molar-refractivity contribution in [3.05, 3.63) is 351 Å². The van der Waals surface area contributed by atoms with Gasteiger partial charge in [0, 0.05) is 45.5 Å². The van der Waals surface area contributed by atoms with Crippen LogP contribution in [-0.4, -0.2) is 35.7 Å². The third-order valence-corrected chi connectivity index (χ3v) is 18.4. The van der Waals surface area contributed by atoms with E-state index < -0.39 is 5.78 Å². The molecule has 0 aliphatic heterocycles. The van der Waals surface area contributed by atoms with Gasteiger partial charge in [-0.1, -0.05) is 243 Å². The summed E-state index contributed by atoms with van der Waals surface area (Å²) in [4.78, 5) is 57.9. The van der Waals surface area contributed by atoms with E-state index >= 15 is 4.79 Å². The maximum atomic E-state index is 17.1. The van der Waals surface area contributed by atoms with Gasteiger partial charge in [0.1, 0.15) is 0 Å². The number of benzene rings is 16. The van der Waals surface area contributed by atoms with E-state index in [2.05, 4.69) is 243 Å². The number of ketones is 1. The minimum absolute atomic E-state index is 0.174. The molecular weight excluding hydrogens is 1200 g/mol. The minimum atomic E-state index is -0.678. The Bertz CT molecular complexity index is 5140. The van der Waals surface area contributed by atoms with E-state index in [1.165, 1.54) is 0 Å². The molecule has 0 aliphatic rings. The highest BCUT2D eigenvalue weighted by atomic mass is 16.1. The van der Waals surface area contributed by atoms with Gasteiger partial charge in [-0.25, -0.2) is 0 Å². The van der Waals surface area contributed by atoms with E-state index in [0.29, 0.717) is 0 Å². The molecule has 0 N–H and O–H groups in total. The van der Waals surface area contributed by atoms with Gasteiger partial charge < -0.3 is 0 Å². The quantitative estimate of drug-likeness (QED) is 0.0972. The third-order valence-electron chi connectivity index (χ3n) is 18.4. The number of carbonyl (C=O) groups is 1. The first-order valence-corrected chi connectivity index (χ1v) is 32.6. The molecule has 11 heteroatoms. The van der Waals surface area contributed by atoms with Crippen LogP contribution in [0, 0.1) is 0 Å². The van der Waals surface area contributed by atoms with E-state index in [1.54, 1.807) is 0 Å². The molecule has 0 atom stereocenters. The average Bonchev–Trinajstić information content (AvgIpc) is 0.763. The Morgan fingerprint density at radius 1 is 0.173 bits per heavy atom. The molecule has 0 radical (unpaired) electrons. The van der Waals surface area contributed by atoms with E-state index in [9.17, 15) is 0 Å². The summed E-state index contributed by atoms with van der Waals surface area (Å²) in [5.74, 6) is -0.404. The number of hydrogen-bond donors (Lipinski definition) is 0. The summed E-state index contributed by atoms with van der Waals surface area (Å²) in [7, 11) is 0. The lowest BCUT2D eigenvalue weighted by molar-refractivity contribution is 0.101. The van der Waals surface area contributed by atoms with Gasteiger partial charge in [0.05, 0.1) is 0 Å². The minimum Gasteiger partial charge on any atom is -0.281 e. The second kappa shape index (κ2) is 24.1. The van der Waals surface area contributed by atoms with Gasteiger partial charge in [-0.05, 0) is 183 Å². The second-order valence-electron chi connectivity index (χ2n) is 24.4. The fourth-order valence-electron chi connectivity index (χ4n) is 13.5.